The number of anilines is 2. The van der Waals surface area contributed by atoms with Crippen LogP contribution in [0.3, 0.4) is 0 Å². The molecule has 0 unspecified atom stereocenters. The molecule has 1 fully saturated rings. The van der Waals surface area contributed by atoms with Gasteiger partial charge in [-0.15, -0.1) is 11.8 Å². The normalized spacial score (nSPS) is 16.6. The maximum atomic E-state index is 12.7. The van der Waals surface area contributed by atoms with Gasteiger partial charge in [0.25, 0.3) is 5.91 Å². The van der Waals surface area contributed by atoms with Gasteiger partial charge in [0.1, 0.15) is 12.3 Å². The number of benzene rings is 2. The van der Waals surface area contributed by atoms with Gasteiger partial charge >= 0.3 is 0 Å². The Balaban J connectivity index is 1.48. The van der Waals surface area contributed by atoms with E-state index in [0.717, 1.165) is 10.6 Å². The van der Waals surface area contributed by atoms with E-state index in [1.165, 1.54) is 30.6 Å². The van der Waals surface area contributed by atoms with Crippen molar-refractivity contribution in [3.63, 3.8) is 0 Å². The highest BCUT2D eigenvalue weighted by Gasteiger charge is 2.28. The highest BCUT2D eigenvalue weighted by atomic mass is 35.5. The summed E-state index contributed by atoms with van der Waals surface area (Å²) in [4.78, 5) is 27.5. The summed E-state index contributed by atoms with van der Waals surface area (Å²) >= 11 is 7.89. The van der Waals surface area contributed by atoms with Gasteiger partial charge in [-0.05, 0) is 43.2 Å². The van der Waals surface area contributed by atoms with E-state index in [0.29, 0.717) is 21.7 Å². The molecule has 146 valence electrons. The lowest BCUT2D eigenvalue weighted by atomic mass is 10.2. The number of amides is 2. The molecular formula is C21H21ClN2O3S. The van der Waals surface area contributed by atoms with Crippen molar-refractivity contribution in [1.82, 2.24) is 0 Å². The number of nitrogens with one attached hydrogen (secondary N) is 1. The maximum Gasteiger partial charge on any atom is 0.265 e. The quantitative estimate of drug-likeness (QED) is 0.764. The number of rotatable bonds is 5. The summed E-state index contributed by atoms with van der Waals surface area (Å²) in [5.41, 5.74) is 1.31. The molecule has 2 amide bonds. The highest BCUT2D eigenvalue weighted by Crippen LogP contribution is 2.38. The van der Waals surface area contributed by atoms with E-state index < -0.39 is 0 Å². The predicted octanol–water partition coefficient (Wildman–Crippen LogP) is 4.74. The highest BCUT2D eigenvalue weighted by molar-refractivity contribution is 8.00. The number of thioether (sulfide) groups is 1. The van der Waals surface area contributed by atoms with E-state index in [-0.39, 0.29) is 25.0 Å². The average molecular weight is 417 g/mol. The fourth-order valence-corrected chi connectivity index (χ4v) is 5.04. The molecule has 4 rings (SSSR count). The lowest BCUT2D eigenvalue weighted by molar-refractivity contribution is -0.123. The third-order valence-corrected chi connectivity index (χ3v) is 6.57. The zero-order valence-electron chi connectivity index (χ0n) is 15.3. The average Bonchev–Trinajstić information content (AvgIpc) is 3.19. The first-order valence-electron chi connectivity index (χ1n) is 9.38. The summed E-state index contributed by atoms with van der Waals surface area (Å²) in [5.74, 6) is 0.0353. The molecule has 2 aromatic rings. The van der Waals surface area contributed by atoms with Crippen LogP contribution in [0.25, 0.3) is 0 Å². The molecule has 1 saturated carbocycles. The minimum atomic E-state index is -0.265. The van der Waals surface area contributed by atoms with Crippen molar-refractivity contribution in [3.05, 3.63) is 47.5 Å². The van der Waals surface area contributed by atoms with E-state index in [1.54, 1.807) is 18.2 Å². The second kappa shape index (κ2) is 8.45. The fraction of sp³-hybridized carbons (Fsp3) is 0.333. The van der Waals surface area contributed by atoms with Crippen LogP contribution in [0.5, 0.6) is 5.75 Å². The van der Waals surface area contributed by atoms with Gasteiger partial charge in [0.2, 0.25) is 5.91 Å². The Bertz CT molecular complexity index is 899. The zero-order valence-corrected chi connectivity index (χ0v) is 16.9. The van der Waals surface area contributed by atoms with Crippen LogP contribution in [-0.4, -0.2) is 30.2 Å². The van der Waals surface area contributed by atoms with E-state index in [9.17, 15) is 9.59 Å². The molecule has 2 aromatic carbocycles. The Kier molecular flexibility index (Phi) is 5.78. The smallest absolute Gasteiger partial charge is 0.265 e. The van der Waals surface area contributed by atoms with Crippen LogP contribution in [0.15, 0.2) is 47.4 Å². The van der Waals surface area contributed by atoms with Crippen LogP contribution in [0.4, 0.5) is 11.4 Å². The van der Waals surface area contributed by atoms with Crippen molar-refractivity contribution >= 4 is 46.6 Å². The molecule has 1 aliphatic heterocycles. The largest absolute Gasteiger partial charge is 0.482 e. The Morgan fingerprint density at radius 3 is 2.82 bits per heavy atom. The minimum absolute atomic E-state index is 0.0854. The predicted molar refractivity (Wildman–Crippen MR) is 112 cm³/mol. The summed E-state index contributed by atoms with van der Waals surface area (Å²) in [6.45, 7) is -0.173. The van der Waals surface area contributed by atoms with Crippen molar-refractivity contribution in [1.29, 1.82) is 0 Å². The van der Waals surface area contributed by atoms with Gasteiger partial charge in [-0.25, -0.2) is 0 Å². The third kappa shape index (κ3) is 4.28. The number of halogens is 1. The molecule has 1 N–H and O–H groups in total. The third-order valence-electron chi connectivity index (χ3n) is 4.92. The topological polar surface area (TPSA) is 58.6 Å². The van der Waals surface area contributed by atoms with E-state index in [2.05, 4.69) is 5.32 Å². The van der Waals surface area contributed by atoms with Gasteiger partial charge in [-0.2, -0.15) is 0 Å². The Morgan fingerprint density at radius 1 is 1.21 bits per heavy atom. The molecule has 0 radical (unpaired) electrons. The summed E-state index contributed by atoms with van der Waals surface area (Å²) < 4.78 is 5.43. The van der Waals surface area contributed by atoms with Crippen LogP contribution in [0, 0.1) is 0 Å². The van der Waals surface area contributed by atoms with Crippen molar-refractivity contribution in [3.8, 4) is 5.75 Å². The van der Waals surface area contributed by atoms with Gasteiger partial charge in [-0.3, -0.25) is 14.5 Å². The van der Waals surface area contributed by atoms with Gasteiger partial charge < -0.3 is 10.1 Å². The molecule has 0 spiro atoms. The molecule has 2 aliphatic rings. The van der Waals surface area contributed by atoms with Gasteiger partial charge in [0.05, 0.1) is 11.4 Å². The zero-order chi connectivity index (χ0) is 19.5. The number of carbonyl (C=O) groups is 2. The van der Waals surface area contributed by atoms with E-state index >= 15 is 0 Å². The summed E-state index contributed by atoms with van der Waals surface area (Å²) in [6.07, 6.45) is 4.97. The SMILES string of the molecule is O=C(CN1C(=O)COc2ccc(Cl)cc21)Nc1ccccc1SC1CCCC1. The van der Waals surface area contributed by atoms with Crippen molar-refractivity contribution in [2.75, 3.05) is 23.4 Å². The Morgan fingerprint density at radius 2 is 2.00 bits per heavy atom. The summed E-state index contributed by atoms with van der Waals surface area (Å²) in [7, 11) is 0. The molecule has 28 heavy (non-hydrogen) atoms. The number of hydrogen-bond donors (Lipinski definition) is 1. The molecule has 5 nitrogen and oxygen atoms in total. The van der Waals surface area contributed by atoms with Crippen LogP contribution in [-0.2, 0) is 9.59 Å². The number of nitrogens with zero attached hydrogens (tertiary/aromatic N) is 1. The van der Waals surface area contributed by atoms with Gasteiger partial charge in [0, 0.05) is 15.2 Å². The lowest BCUT2D eigenvalue weighted by Gasteiger charge is -2.29. The molecule has 0 atom stereocenters. The Hall–Kier alpha value is -2.18. The van der Waals surface area contributed by atoms with Gasteiger partial charge in [-0.1, -0.05) is 36.6 Å². The minimum Gasteiger partial charge on any atom is -0.482 e. The second-order valence-electron chi connectivity index (χ2n) is 6.95. The van der Waals surface area contributed by atoms with Gasteiger partial charge in [0.15, 0.2) is 6.61 Å². The first-order chi connectivity index (χ1) is 13.6. The lowest BCUT2D eigenvalue weighted by Crippen LogP contribution is -2.43. The van der Waals surface area contributed by atoms with Crippen LogP contribution in [0.2, 0.25) is 5.02 Å². The molecule has 7 heteroatoms. The fourth-order valence-electron chi connectivity index (χ4n) is 3.54. The standard InChI is InChI=1S/C21H21ClN2O3S/c22-14-9-10-18-17(11-14)24(21(26)13-27-18)12-20(25)23-16-7-3-4-8-19(16)28-15-5-1-2-6-15/h3-4,7-11,15H,1-2,5-6,12-13H2,(H,23,25). The molecule has 0 bridgehead atoms. The first-order valence-corrected chi connectivity index (χ1v) is 10.6. The van der Waals surface area contributed by atoms with Crippen molar-refractivity contribution in [2.24, 2.45) is 0 Å². The van der Waals surface area contributed by atoms with Crippen molar-refractivity contribution in [2.45, 2.75) is 35.8 Å². The number of ether oxygens (including phenoxy) is 1. The van der Waals surface area contributed by atoms with E-state index in [1.807, 2.05) is 36.0 Å². The number of hydrogen-bond acceptors (Lipinski definition) is 4. The molecule has 0 saturated heterocycles. The van der Waals surface area contributed by atoms with Crippen LogP contribution in [0.1, 0.15) is 25.7 Å². The number of carbonyl (C=O) groups excluding carboxylic acids is 2. The van der Waals surface area contributed by atoms with Crippen LogP contribution < -0.4 is 15.0 Å². The van der Waals surface area contributed by atoms with E-state index in [4.69, 9.17) is 16.3 Å². The maximum absolute atomic E-state index is 12.7. The second-order valence-corrected chi connectivity index (χ2v) is 8.73. The molecule has 1 aliphatic carbocycles. The Labute approximate surface area is 173 Å². The molecule has 0 aromatic heterocycles. The number of para-hydroxylation sites is 1. The number of fused-ring (bicyclic) bond motifs is 1. The van der Waals surface area contributed by atoms with Crippen molar-refractivity contribution < 1.29 is 14.3 Å². The first kappa shape index (κ1) is 19.2. The summed E-state index contributed by atoms with van der Waals surface area (Å²) in [5, 5.41) is 4.06. The monoisotopic (exact) mass is 416 g/mol. The van der Waals surface area contributed by atoms with Crippen LogP contribution >= 0.6 is 23.4 Å². The molecular weight excluding hydrogens is 396 g/mol. The molecule has 1 heterocycles. The summed E-state index contributed by atoms with van der Waals surface area (Å²) in [6, 6.07) is 12.9.